The summed E-state index contributed by atoms with van der Waals surface area (Å²) in [6.45, 7) is 5.38. The number of aryl methyl sites for hydroxylation is 1. The van der Waals surface area contributed by atoms with Gasteiger partial charge in [0.15, 0.2) is 0 Å². The second-order valence-corrected chi connectivity index (χ2v) is 7.27. The molecule has 0 aliphatic rings. The monoisotopic (exact) mass is 394 g/mol. The molecule has 0 fully saturated rings. The van der Waals surface area contributed by atoms with E-state index in [4.69, 9.17) is 16.0 Å². The lowest BCUT2D eigenvalue weighted by Crippen LogP contribution is -2.48. The van der Waals surface area contributed by atoms with Gasteiger partial charge in [-0.15, -0.1) is 0 Å². The Kier molecular flexibility index (Phi) is 6.49. The number of aliphatic carboxylic acids is 1. The van der Waals surface area contributed by atoms with Gasteiger partial charge in [0.25, 0.3) is 0 Å². The Hall–Kier alpha value is -2.54. The number of benzene rings is 1. The van der Waals surface area contributed by atoms with Crippen molar-refractivity contribution in [3.63, 3.8) is 0 Å². The second kappa shape index (κ2) is 8.43. The largest absolute Gasteiger partial charge is 0.548 e. The SMILES string of the molecule is Cc1c(CCC(=O)N[C@@H](CC(C)C)C(=O)[O-])c(=O)oc2cc(O)c(Cl)cc12. The summed E-state index contributed by atoms with van der Waals surface area (Å²) in [7, 11) is 0. The zero-order valence-electron chi connectivity index (χ0n) is 15.3. The summed E-state index contributed by atoms with van der Waals surface area (Å²) in [6.07, 6.45) is 0.258. The molecule has 27 heavy (non-hydrogen) atoms. The normalized spacial score (nSPS) is 12.3. The van der Waals surface area contributed by atoms with Crippen molar-refractivity contribution in [2.45, 2.75) is 46.1 Å². The highest BCUT2D eigenvalue weighted by Crippen LogP contribution is 2.30. The predicted molar refractivity (Wildman–Crippen MR) is 98.6 cm³/mol. The van der Waals surface area contributed by atoms with Gasteiger partial charge < -0.3 is 24.7 Å². The number of rotatable bonds is 7. The number of phenolic OH excluding ortho intramolecular Hbond substituents is 1. The molecule has 1 atom stereocenters. The number of aromatic hydroxyl groups is 1. The van der Waals surface area contributed by atoms with Gasteiger partial charge in [-0.25, -0.2) is 4.79 Å². The topological polar surface area (TPSA) is 120 Å². The van der Waals surface area contributed by atoms with Crippen LogP contribution in [0, 0.1) is 12.8 Å². The lowest BCUT2D eigenvalue weighted by molar-refractivity contribution is -0.308. The van der Waals surface area contributed by atoms with E-state index in [2.05, 4.69) is 5.32 Å². The maximum atomic E-state index is 12.2. The highest BCUT2D eigenvalue weighted by molar-refractivity contribution is 6.32. The Morgan fingerprint density at radius 1 is 1.33 bits per heavy atom. The average molecular weight is 395 g/mol. The van der Waals surface area contributed by atoms with Crippen LogP contribution in [0.1, 0.15) is 37.8 Å². The smallest absolute Gasteiger partial charge is 0.339 e. The van der Waals surface area contributed by atoms with E-state index in [1.165, 1.54) is 12.1 Å². The van der Waals surface area contributed by atoms with Crippen molar-refractivity contribution in [2.24, 2.45) is 5.92 Å². The summed E-state index contributed by atoms with van der Waals surface area (Å²) in [6, 6.07) is 1.68. The van der Waals surface area contributed by atoms with Crippen molar-refractivity contribution in [2.75, 3.05) is 0 Å². The molecule has 8 heteroatoms. The Bertz CT molecular complexity index is 934. The molecule has 0 radical (unpaired) electrons. The third-order valence-electron chi connectivity index (χ3n) is 4.28. The first kappa shape index (κ1) is 20.8. The highest BCUT2D eigenvalue weighted by atomic mass is 35.5. The van der Waals surface area contributed by atoms with Crippen molar-refractivity contribution in [3.8, 4) is 5.75 Å². The number of nitrogens with one attached hydrogen (secondary N) is 1. The fourth-order valence-electron chi connectivity index (χ4n) is 2.88. The summed E-state index contributed by atoms with van der Waals surface area (Å²) in [5.74, 6) is -1.96. The zero-order valence-corrected chi connectivity index (χ0v) is 16.1. The molecule has 0 aliphatic heterocycles. The van der Waals surface area contributed by atoms with E-state index < -0.39 is 23.5 Å². The molecule has 0 unspecified atom stereocenters. The first-order valence-corrected chi connectivity index (χ1v) is 8.93. The molecular weight excluding hydrogens is 374 g/mol. The van der Waals surface area contributed by atoms with Crippen LogP contribution in [-0.2, 0) is 16.0 Å². The molecule has 2 N–H and O–H groups in total. The number of fused-ring (bicyclic) bond motifs is 1. The standard InChI is InChI=1S/C19H22ClNO6/c1-9(2)6-14(18(24)25)21-17(23)5-4-11-10(3)12-7-13(20)15(22)8-16(12)27-19(11)26/h7-9,14,22H,4-6H2,1-3H3,(H,21,23)(H,24,25)/p-1/t14-/m0/s1. The number of phenols is 1. The molecular formula is C19H21ClNO6-. The second-order valence-electron chi connectivity index (χ2n) is 6.86. The number of carbonyl (C=O) groups is 2. The molecule has 0 bridgehead atoms. The van der Waals surface area contributed by atoms with Gasteiger partial charge in [0, 0.05) is 23.4 Å². The van der Waals surface area contributed by atoms with E-state index >= 15 is 0 Å². The summed E-state index contributed by atoms with van der Waals surface area (Å²) >= 11 is 5.91. The molecule has 0 spiro atoms. The fraction of sp³-hybridized carbons (Fsp3) is 0.421. The lowest BCUT2D eigenvalue weighted by atomic mass is 10.0. The summed E-state index contributed by atoms with van der Waals surface area (Å²) in [4.78, 5) is 35.5. The van der Waals surface area contributed by atoms with Crippen LogP contribution in [0.2, 0.25) is 5.02 Å². The molecule has 2 aromatic rings. The highest BCUT2D eigenvalue weighted by Gasteiger charge is 2.18. The average Bonchev–Trinajstić information content (AvgIpc) is 2.55. The number of carbonyl (C=O) groups excluding carboxylic acids is 2. The number of hydrogen-bond donors (Lipinski definition) is 2. The van der Waals surface area contributed by atoms with Crippen LogP contribution in [0.5, 0.6) is 5.75 Å². The van der Waals surface area contributed by atoms with Crippen molar-refractivity contribution in [1.82, 2.24) is 5.32 Å². The van der Waals surface area contributed by atoms with Crippen molar-refractivity contribution in [1.29, 1.82) is 0 Å². The molecule has 1 aromatic carbocycles. The minimum atomic E-state index is -1.34. The molecule has 7 nitrogen and oxygen atoms in total. The molecule has 1 amide bonds. The Morgan fingerprint density at radius 3 is 2.59 bits per heavy atom. The number of hydrogen-bond acceptors (Lipinski definition) is 6. The molecule has 0 saturated carbocycles. The van der Waals surface area contributed by atoms with E-state index in [-0.39, 0.29) is 41.5 Å². The maximum Gasteiger partial charge on any atom is 0.339 e. The minimum Gasteiger partial charge on any atom is -0.548 e. The number of carboxylic acid groups (broad SMARTS) is 1. The van der Waals surface area contributed by atoms with Gasteiger partial charge in [0.2, 0.25) is 5.91 Å². The van der Waals surface area contributed by atoms with Crippen LogP contribution in [-0.4, -0.2) is 23.0 Å². The van der Waals surface area contributed by atoms with E-state index in [1.807, 2.05) is 13.8 Å². The van der Waals surface area contributed by atoms with E-state index in [0.717, 1.165) is 0 Å². The number of amides is 1. The third-order valence-corrected chi connectivity index (χ3v) is 4.59. The van der Waals surface area contributed by atoms with Crippen LogP contribution in [0.4, 0.5) is 0 Å². The first-order valence-electron chi connectivity index (χ1n) is 8.55. The number of carboxylic acids is 1. The zero-order chi connectivity index (χ0) is 20.3. The van der Waals surface area contributed by atoms with E-state index in [9.17, 15) is 24.6 Å². The van der Waals surface area contributed by atoms with Crippen molar-refractivity contribution in [3.05, 3.63) is 38.7 Å². The summed E-state index contributed by atoms with van der Waals surface area (Å²) in [5.41, 5.74) is 0.470. The van der Waals surface area contributed by atoms with Gasteiger partial charge >= 0.3 is 5.63 Å². The van der Waals surface area contributed by atoms with Gasteiger partial charge in [0.05, 0.1) is 17.0 Å². The molecule has 146 valence electrons. The minimum absolute atomic E-state index is 0.0733. The van der Waals surface area contributed by atoms with E-state index in [1.54, 1.807) is 6.92 Å². The van der Waals surface area contributed by atoms with Gasteiger partial charge in [-0.3, -0.25) is 4.79 Å². The van der Waals surface area contributed by atoms with Crippen LogP contribution in [0.3, 0.4) is 0 Å². The van der Waals surface area contributed by atoms with E-state index in [0.29, 0.717) is 16.5 Å². The molecule has 0 aliphatic carbocycles. The van der Waals surface area contributed by atoms with Gasteiger partial charge in [-0.1, -0.05) is 25.4 Å². The predicted octanol–water partition coefficient (Wildman–Crippen LogP) is 1.67. The Morgan fingerprint density at radius 2 is 2.00 bits per heavy atom. The van der Waals surface area contributed by atoms with Gasteiger partial charge in [-0.05, 0) is 37.3 Å². The van der Waals surface area contributed by atoms with Gasteiger partial charge in [0.1, 0.15) is 11.3 Å². The maximum absolute atomic E-state index is 12.2. The van der Waals surface area contributed by atoms with Crippen LogP contribution < -0.4 is 16.0 Å². The van der Waals surface area contributed by atoms with Crippen molar-refractivity contribution >= 4 is 34.4 Å². The molecule has 0 saturated heterocycles. The molecule has 2 rings (SSSR count). The summed E-state index contributed by atoms with van der Waals surface area (Å²) < 4.78 is 5.20. The summed E-state index contributed by atoms with van der Waals surface area (Å²) in [5, 5.41) is 23.9. The quantitative estimate of drug-likeness (QED) is 0.689. The van der Waals surface area contributed by atoms with Crippen LogP contribution in [0.25, 0.3) is 11.0 Å². The molecule has 1 heterocycles. The Labute approximate surface area is 160 Å². The lowest BCUT2D eigenvalue weighted by Gasteiger charge is -2.21. The molecule has 1 aromatic heterocycles. The Balaban J connectivity index is 2.19. The van der Waals surface area contributed by atoms with Crippen LogP contribution in [0.15, 0.2) is 21.3 Å². The number of halogens is 1. The van der Waals surface area contributed by atoms with Crippen LogP contribution >= 0.6 is 11.6 Å². The first-order chi connectivity index (χ1) is 12.6. The van der Waals surface area contributed by atoms with Crippen molar-refractivity contribution < 1.29 is 24.2 Å². The fourth-order valence-corrected chi connectivity index (χ4v) is 3.04. The van der Waals surface area contributed by atoms with Gasteiger partial charge in [-0.2, -0.15) is 0 Å². The third kappa shape index (κ3) is 5.01.